The Kier molecular flexibility index (Phi) is 1.86. The average molecular weight is 167 g/mol. The number of thiophene rings is 1. The normalized spacial score (nSPS) is 17.7. The molecule has 0 saturated carbocycles. The molecule has 1 aliphatic heterocycles. The fourth-order valence-electron chi connectivity index (χ4n) is 1.57. The van der Waals surface area contributed by atoms with Crippen molar-refractivity contribution in [3.8, 4) is 0 Å². The smallest absolute Gasteiger partial charge is 0.0477 e. The Hall–Kier alpha value is -0.500. The third kappa shape index (κ3) is 1.41. The van der Waals surface area contributed by atoms with Gasteiger partial charge < -0.3 is 4.90 Å². The summed E-state index contributed by atoms with van der Waals surface area (Å²) in [5.41, 5.74) is 1.44. The zero-order valence-corrected chi connectivity index (χ0v) is 7.66. The third-order valence-corrected chi connectivity index (χ3v) is 3.04. The number of anilines is 1. The molecule has 60 valence electrons. The van der Waals surface area contributed by atoms with Gasteiger partial charge in [0, 0.05) is 29.0 Å². The van der Waals surface area contributed by atoms with Crippen molar-refractivity contribution in [2.45, 2.75) is 19.8 Å². The highest BCUT2D eigenvalue weighted by molar-refractivity contribution is 7.10. The first-order valence-electron chi connectivity index (χ1n) is 4.16. The number of hydrogen-bond donors (Lipinski definition) is 0. The minimum absolute atomic E-state index is 1.26. The number of rotatable bonds is 1. The van der Waals surface area contributed by atoms with E-state index in [1.54, 1.807) is 0 Å². The lowest BCUT2D eigenvalue weighted by Gasteiger charge is -2.14. The highest BCUT2D eigenvalue weighted by atomic mass is 32.1. The van der Waals surface area contributed by atoms with Crippen molar-refractivity contribution in [1.29, 1.82) is 0 Å². The largest absolute Gasteiger partial charge is 0.371 e. The maximum Gasteiger partial charge on any atom is 0.0477 e. The van der Waals surface area contributed by atoms with Crippen LogP contribution in [-0.2, 0) is 0 Å². The molecule has 0 aliphatic carbocycles. The summed E-state index contributed by atoms with van der Waals surface area (Å²) in [5, 5.41) is 2.26. The topological polar surface area (TPSA) is 3.24 Å². The molecule has 0 N–H and O–H groups in total. The summed E-state index contributed by atoms with van der Waals surface area (Å²) in [5.74, 6) is 0. The van der Waals surface area contributed by atoms with E-state index in [1.165, 1.54) is 36.5 Å². The van der Waals surface area contributed by atoms with Crippen LogP contribution in [0.3, 0.4) is 0 Å². The zero-order valence-electron chi connectivity index (χ0n) is 6.84. The van der Waals surface area contributed by atoms with Crippen molar-refractivity contribution in [1.82, 2.24) is 0 Å². The molecule has 1 aromatic heterocycles. The lowest BCUT2D eigenvalue weighted by molar-refractivity contribution is 0.949. The molecule has 1 aliphatic rings. The second-order valence-corrected chi connectivity index (χ2v) is 4.23. The molecule has 0 radical (unpaired) electrons. The van der Waals surface area contributed by atoms with Gasteiger partial charge in [-0.1, -0.05) is 0 Å². The van der Waals surface area contributed by atoms with Gasteiger partial charge in [0.05, 0.1) is 0 Å². The molecule has 2 rings (SSSR count). The predicted molar refractivity (Wildman–Crippen MR) is 50.5 cm³/mol. The number of hydrogen-bond acceptors (Lipinski definition) is 2. The van der Waals surface area contributed by atoms with Crippen LogP contribution in [0, 0.1) is 6.92 Å². The molecule has 0 aromatic carbocycles. The van der Waals surface area contributed by atoms with Crippen molar-refractivity contribution in [2.24, 2.45) is 0 Å². The molecule has 1 saturated heterocycles. The first-order valence-corrected chi connectivity index (χ1v) is 5.04. The molecule has 0 spiro atoms. The van der Waals surface area contributed by atoms with Gasteiger partial charge in [-0.15, -0.1) is 11.3 Å². The molecule has 1 fully saturated rings. The lowest BCUT2D eigenvalue weighted by Crippen LogP contribution is -2.16. The Morgan fingerprint density at radius 2 is 2.09 bits per heavy atom. The van der Waals surface area contributed by atoms with Crippen LogP contribution < -0.4 is 4.90 Å². The summed E-state index contributed by atoms with van der Waals surface area (Å²) in [7, 11) is 0. The predicted octanol–water partition coefficient (Wildman–Crippen LogP) is 2.66. The summed E-state index contributed by atoms with van der Waals surface area (Å²) in [6.07, 6.45) is 2.74. The molecule has 2 heteroatoms. The maximum absolute atomic E-state index is 2.48. The fourth-order valence-corrected chi connectivity index (χ4v) is 2.28. The summed E-state index contributed by atoms with van der Waals surface area (Å²) in [6, 6.07) is 2.29. The van der Waals surface area contributed by atoms with Crippen molar-refractivity contribution in [2.75, 3.05) is 18.0 Å². The van der Waals surface area contributed by atoms with Gasteiger partial charge in [0.1, 0.15) is 0 Å². The molecule has 0 amide bonds. The lowest BCUT2D eigenvalue weighted by atomic mass is 10.4. The quantitative estimate of drug-likeness (QED) is 0.621. The molecule has 1 nitrogen and oxygen atoms in total. The molecular formula is C9H13NS. The monoisotopic (exact) mass is 167 g/mol. The molecule has 0 atom stereocenters. The second-order valence-electron chi connectivity index (χ2n) is 3.11. The minimum Gasteiger partial charge on any atom is -0.371 e. The van der Waals surface area contributed by atoms with E-state index in [0.29, 0.717) is 0 Å². The average Bonchev–Trinajstić information content (AvgIpc) is 2.55. The van der Waals surface area contributed by atoms with Crippen molar-refractivity contribution >= 4 is 17.0 Å². The second kappa shape index (κ2) is 2.86. The molecular weight excluding hydrogens is 154 g/mol. The van der Waals surface area contributed by atoms with Gasteiger partial charge in [-0.2, -0.15) is 0 Å². The minimum atomic E-state index is 1.26. The van der Waals surface area contributed by atoms with Gasteiger partial charge in [0.25, 0.3) is 0 Å². The molecule has 2 heterocycles. The number of aryl methyl sites for hydroxylation is 1. The van der Waals surface area contributed by atoms with Crippen LogP contribution in [0.4, 0.5) is 5.69 Å². The van der Waals surface area contributed by atoms with E-state index in [1.807, 2.05) is 11.3 Å². The summed E-state index contributed by atoms with van der Waals surface area (Å²) in [6.45, 7) is 4.69. The van der Waals surface area contributed by atoms with Gasteiger partial charge in [-0.05, 0) is 25.8 Å². The summed E-state index contributed by atoms with van der Waals surface area (Å²) in [4.78, 5) is 3.90. The van der Waals surface area contributed by atoms with E-state index in [-0.39, 0.29) is 0 Å². The molecule has 1 aromatic rings. The van der Waals surface area contributed by atoms with Crippen LogP contribution in [0.25, 0.3) is 0 Å². The van der Waals surface area contributed by atoms with E-state index in [0.717, 1.165) is 0 Å². The van der Waals surface area contributed by atoms with Gasteiger partial charge in [-0.25, -0.2) is 0 Å². The van der Waals surface area contributed by atoms with Crippen molar-refractivity contribution in [3.63, 3.8) is 0 Å². The Balaban J connectivity index is 2.15. The van der Waals surface area contributed by atoms with Crippen LogP contribution in [0.1, 0.15) is 17.7 Å². The van der Waals surface area contributed by atoms with E-state index in [9.17, 15) is 0 Å². The van der Waals surface area contributed by atoms with Crippen molar-refractivity contribution in [3.05, 3.63) is 16.3 Å². The van der Waals surface area contributed by atoms with Gasteiger partial charge >= 0.3 is 0 Å². The van der Waals surface area contributed by atoms with Crippen LogP contribution >= 0.6 is 11.3 Å². The van der Waals surface area contributed by atoms with E-state index in [2.05, 4.69) is 23.3 Å². The Morgan fingerprint density at radius 3 is 2.64 bits per heavy atom. The van der Waals surface area contributed by atoms with Gasteiger partial charge in [-0.3, -0.25) is 0 Å². The molecule has 0 unspecified atom stereocenters. The Bertz CT molecular complexity index is 235. The van der Waals surface area contributed by atoms with E-state index < -0.39 is 0 Å². The highest BCUT2D eigenvalue weighted by Gasteiger charge is 2.12. The van der Waals surface area contributed by atoms with Crippen LogP contribution in [0.5, 0.6) is 0 Å². The van der Waals surface area contributed by atoms with Crippen LogP contribution in [0.2, 0.25) is 0 Å². The first-order chi connectivity index (χ1) is 5.36. The maximum atomic E-state index is 2.48. The Morgan fingerprint density at radius 1 is 1.36 bits per heavy atom. The van der Waals surface area contributed by atoms with E-state index in [4.69, 9.17) is 0 Å². The van der Waals surface area contributed by atoms with E-state index >= 15 is 0 Å². The van der Waals surface area contributed by atoms with Crippen LogP contribution in [-0.4, -0.2) is 13.1 Å². The third-order valence-electron chi connectivity index (χ3n) is 2.19. The molecule has 11 heavy (non-hydrogen) atoms. The Labute approximate surface area is 71.7 Å². The summed E-state index contributed by atoms with van der Waals surface area (Å²) < 4.78 is 0. The van der Waals surface area contributed by atoms with Crippen molar-refractivity contribution < 1.29 is 0 Å². The first kappa shape index (κ1) is 7.17. The summed E-state index contributed by atoms with van der Waals surface area (Å²) >= 11 is 1.85. The number of nitrogens with zero attached hydrogens (tertiary/aromatic N) is 1. The zero-order chi connectivity index (χ0) is 7.68. The van der Waals surface area contributed by atoms with Gasteiger partial charge in [0.15, 0.2) is 0 Å². The standard InChI is InChI=1S/C9H13NS/c1-8-6-9(7-11-8)10-4-2-3-5-10/h6-7H,2-5H2,1H3. The highest BCUT2D eigenvalue weighted by Crippen LogP contribution is 2.25. The SMILES string of the molecule is Cc1cc(N2CCCC2)cs1. The van der Waals surface area contributed by atoms with Gasteiger partial charge in [0.2, 0.25) is 0 Å². The van der Waals surface area contributed by atoms with Crippen LogP contribution in [0.15, 0.2) is 11.4 Å². The molecule has 0 bridgehead atoms. The fraction of sp³-hybridized carbons (Fsp3) is 0.556.